The second-order valence-electron chi connectivity index (χ2n) is 2.37. The maximum Gasteiger partial charge on any atom is 0.309 e. The van der Waals surface area contributed by atoms with Gasteiger partial charge in [0.05, 0.1) is 0 Å². The number of halogens is 1. The molecule has 12 heavy (non-hydrogen) atoms. The fourth-order valence-electron chi connectivity index (χ4n) is 0.949. The predicted octanol–water partition coefficient (Wildman–Crippen LogP) is 1.02. The molecule has 0 spiro atoms. The van der Waals surface area contributed by atoms with Crippen LogP contribution in [0.5, 0.6) is 0 Å². The molecule has 1 radical (unpaired) electrons. The lowest BCUT2D eigenvalue weighted by molar-refractivity contribution is 0.541. The first-order valence-electron chi connectivity index (χ1n) is 3.68. The summed E-state index contributed by atoms with van der Waals surface area (Å²) in [4.78, 5) is 9.75. The summed E-state index contributed by atoms with van der Waals surface area (Å²) in [6.45, 7) is 0.421. The Bertz CT molecular complexity index is 262. The van der Waals surface area contributed by atoms with Gasteiger partial charge in [0.1, 0.15) is 5.82 Å². The molecule has 0 aliphatic rings. The highest BCUT2D eigenvalue weighted by Crippen LogP contribution is 2.05. The van der Waals surface area contributed by atoms with Crippen molar-refractivity contribution in [1.82, 2.24) is 5.32 Å². The van der Waals surface area contributed by atoms with Gasteiger partial charge in [0.15, 0.2) is 0 Å². The summed E-state index contributed by atoms with van der Waals surface area (Å²) < 4.78 is 12.9. The van der Waals surface area contributed by atoms with Gasteiger partial charge in [-0.3, -0.25) is 4.79 Å². The fourth-order valence-corrected chi connectivity index (χ4v) is 0.949. The van der Waals surface area contributed by atoms with E-state index in [9.17, 15) is 9.18 Å². The molecule has 2 nitrogen and oxygen atoms in total. The lowest BCUT2D eigenvalue weighted by Crippen LogP contribution is -2.14. The molecule has 0 bridgehead atoms. The van der Waals surface area contributed by atoms with E-state index in [1.165, 1.54) is 12.5 Å². The molecule has 0 unspecified atom stereocenters. The molecule has 1 aromatic rings. The van der Waals surface area contributed by atoms with E-state index in [-0.39, 0.29) is 5.82 Å². The quantitative estimate of drug-likeness (QED) is 0.525. The van der Waals surface area contributed by atoms with E-state index in [0.29, 0.717) is 18.5 Å². The standard InChI is InChI=1S/C9H9FNO/c10-9-4-2-1-3-8(9)5-6-11-7-12/h1-4H,5-6H2,(H,11,12). The molecule has 0 heterocycles. The van der Waals surface area contributed by atoms with Crippen LogP contribution in [-0.2, 0) is 11.2 Å². The Hall–Kier alpha value is -1.38. The van der Waals surface area contributed by atoms with Gasteiger partial charge in [-0.2, -0.15) is 0 Å². The van der Waals surface area contributed by atoms with Crippen LogP contribution in [0, 0.1) is 5.82 Å². The molecule has 0 aliphatic carbocycles. The van der Waals surface area contributed by atoms with Crippen molar-refractivity contribution in [3.63, 3.8) is 0 Å². The lowest BCUT2D eigenvalue weighted by Gasteiger charge is -2.00. The molecule has 1 amide bonds. The van der Waals surface area contributed by atoms with E-state index in [1.807, 2.05) is 0 Å². The number of hydrogen-bond donors (Lipinski definition) is 1. The van der Waals surface area contributed by atoms with Crippen LogP contribution >= 0.6 is 0 Å². The average molecular weight is 166 g/mol. The van der Waals surface area contributed by atoms with Gasteiger partial charge in [0.25, 0.3) is 0 Å². The Labute approximate surface area is 70.4 Å². The first-order valence-corrected chi connectivity index (χ1v) is 3.68. The van der Waals surface area contributed by atoms with E-state index in [2.05, 4.69) is 5.32 Å². The van der Waals surface area contributed by atoms with Crippen molar-refractivity contribution in [2.45, 2.75) is 6.42 Å². The molecule has 0 fully saturated rings. The molecule has 3 heteroatoms. The molecular formula is C9H9FNO. The molecule has 1 aromatic carbocycles. The van der Waals surface area contributed by atoms with Crippen LogP contribution in [0.1, 0.15) is 5.56 Å². The summed E-state index contributed by atoms with van der Waals surface area (Å²) in [5, 5.41) is 2.35. The predicted molar refractivity (Wildman–Crippen MR) is 43.8 cm³/mol. The average Bonchev–Trinajstić information content (AvgIpc) is 2.09. The molecule has 0 aliphatic heterocycles. The molecule has 1 rings (SSSR count). The first-order chi connectivity index (χ1) is 5.84. The SMILES string of the molecule is O=[C]NCCc1ccccc1F. The van der Waals surface area contributed by atoms with Crippen LogP contribution in [0.2, 0.25) is 0 Å². The number of amides is 1. The zero-order valence-electron chi connectivity index (χ0n) is 6.51. The zero-order valence-corrected chi connectivity index (χ0v) is 6.51. The number of carbonyl (C=O) groups excluding carboxylic acids is 1. The fraction of sp³-hybridized carbons (Fsp3) is 0.222. The maximum atomic E-state index is 12.9. The van der Waals surface area contributed by atoms with Gasteiger partial charge in [-0.25, -0.2) is 4.39 Å². The molecular weight excluding hydrogens is 157 g/mol. The van der Waals surface area contributed by atoms with E-state index in [4.69, 9.17) is 0 Å². The third-order valence-corrected chi connectivity index (χ3v) is 1.55. The van der Waals surface area contributed by atoms with Gasteiger partial charge in [0.2, 0.25) is 0 Å². The van der Waals surface area contributed by atoms with Gasteiger partial charge in [-0.05, 0) is 18.1 Å². The molecule has 0 saturated heterocycles. The van der Waals surface area contributed by atoms with Crippen LogP contribution in [-0.4, -0.2) is 13.0 Å². The van der Waals surface area contributed by atoms with Gasteiger partial charge >= 0.3 is 6.41 Å². The Morgan fingerprint density at radius 3 is 2.83 bits per heavy atom. The third-order valence-electron chi connectivity index (χ3n) is 1.55. The van der Waals surface area contributed by atoms with Crippen LogP contribution in [0.25, 0.3) is 0 Å². The van der Waals surface area contributed by atoms with Crippen molar-refractivity contribution >= 4 is 6.41 Å². The molecule has 0 saturated carbocycles. The number of nitrogens with one attached hydrogen (secondary N) is 1. The third kappa shape index (κ3) is 2.34. The molecule has 63 valence electrons. The number of rotatable bonds is 4. The van der Waals surface area contributed by atoms with Crippen LogP contribution < -0.4 is 5.32 Å². The van der Waals surface area contributed by atoms with Crippen molar-refractivity contribution in [3.05, 3.63) is 35.6 Å². The summed E-state index contributed by atoms with van der Waals surface area (Å²) in [5.41, 5.74) is 0.611. The highest BCUT2D eigenvalue weighted by Gasteiger charge is 1.98. The summed E-state index contributed by atoms with van der Waals surface area (Å²) in [7, 11) is 0. The van der Waals surface area contributed by atoms with Crippen LogP contribution in [0.15, 0.2) is 24.3 Å². The van der Waals surface area contributed by atoms with Crippen molar-refractivity contribution in [2.24, 2.45) is 0 Å². The Morgan fingerprint density at radius 2 is 2.17 bits per heavy atom. The Balaban J connectivity index is 2.51. The van der Waals surface area contributed by atoms with E-state index in [0.717, 1.165) is 0 Å². The van der Waals surface area contributed by atoms with Crippen molar-refractivity contribution in [2.75, 3.05) is 6.54 Å². The summed E-state index contributed by atoms with van der Waals surface area (Å²) in [6, 6.07) is 6.50. The topological polar surface area (TPSA) is 29.1 Å². The molecule has 0 aromatic heterocycles. The Kier molecular flexibility index (Phi) is 3.26. The zero-order chi connectivity index (χ0) is 8.81. The highest BCUT2D eigenvalue weighted by molar-refractivity contribution is 5.46. The normalized spacial score (nSPS) is 9.42. The van der Waals surface area contributed by atoms with Gasteiger partial charge in [-0.15, -0.1) is 0 Å². The van der Waals surface area contributed by atoms with E-state index in [1.54, 1.807) is 18.2 Å². The number of hydrogen-bond acceptors (Lipinski definition) is 1. The smallest absolute Gasteiger partial charge is 0.309 e. The van der Waals surface area contributed by atoms with Crippen LogP contribution in [0.3, 0.4) is 0 Å². The minimum atomic E-state index is -0.231. The van der Waals surface area contributed by atoms with Crippen LogP contribution in [0.4, 0.5) is 4.39 Å². The number of benzene rings is 1. The largest absolute Gasteiger partial charge is 0.348 e. The van der Waals surface area contributed by atoms with Gasteiger partial charge < -0.3 is 5.32 Å². The van der Waals surface area contributed by atoms with Crippen molar-refractivity contribution in [3.8, 4) is 0 Å². The lowest BCUT2D eigenvalue weighted by atomic mass is 10.1. The summed E-state index contributed by atoms with van der Waals surface area (Å²) in [5.74, 6) is -0.231. The van der Waals surface area contributed by atoms with Gasteiger partial charge in [0, 0.05) is 6.54 Å². The minimum absolute atomic E-state index is 0.231. The van der Waals surface area contributed by atoms with E-state index < -0.39 is 0 Å². The second-order valence-corrected chi connectivity index (χ2v) is 2.37. The minimum Gasteiger partial charge on any atom is -0.348 e. The van der Waals surface area contributed by atoms with Gasteiger partial charge in [-0.1, -0.05) is 18.2 Å². The molecule has 0 atom stereocenters. The summed E-state index contributed by atoms with van der Waals surface area (Å²) >= 11 is 0. The van der Waals surface area contributed by atoms with Crippen molar-refractivity contribution in [1.29, 1.82) is 0 Å². The monoisotopic (exact) mass is 166 g/mol. The van der Waals surface area contributed by atoms with E-state index >= 15 is 0 Å². The maximum absolute atomic E-state index is 12.9. The molecule has 1 N–H and O–H groups in total. The Morgan fingerprint density at radius 1 is 1.42 bits per heavy atom. The first kappa shape index (κ1) is 8.71. The second kappa shape index (κ2) is 4.49. The highest BCUT2D eigenvalue weighted by atomic mass is 19.1. The summed E-state index contributed by atoms with van der Waals surface area (Å²) in [6.07, 6.45) is 2.04. The van der Waals surface area contributed by atoms with Crippen molar-refractivity contribution < 1.29 is 9.18 Å².